The van der Waals surface area contributed by atoms with Crippen LogP contribution >= 0.6 is 0 Å². The molecule has 4 heteroatoms. The summed E-state index contributed by atoms with van der Waals surface area (Å²) in [6.07, 6.45) is 1.81. The number of hydrogen-bond donors (Lipinski definition) is 0. The van der Waals surface area contributed by atoms with E-state index in [0.717, 1.165) is 6.42 Å². The monoisotopic (exact) mass is 221 g/mol. The first-order chi connectivity index (χ1) is 7.63. The fraction of sp³-hybridized carbons (Fsp3) is 0.333. The number of amides is 1. The van der Waals surface area contributed by atoms with Gasteiger partial charge < -0.3 is 4.90 Å². The fourth-order valence-electron chi connectivity index (χ4n) is 1.99. The molecule has 1 fully saturated rings. The molecule has 2 rings (SSSR count). The van der Waals surface area contributed by atoms with Crippen LogP contribution in [-0.4, -0.2) is 18.2 Å². The molecule has 1 aromatic rings. The van der Waals surface area contributed by atoms with Gasteiger partial charge >= 0.3 is 0 Å². The van der Waals surface area contributed by atoms with Gasteiger partial charge in [-0.1, -0.05) is 0 Å². The Morgan fingerprint density at radius 3 is 2.81 bits per heavy atom. The van der Waals surface area contributed by atoms with Crippen molar-refractivity contribution in [1.29, 1.82) is 0 Å². The van der Waals surface area contributed by atoms with E-state index in [-0.39, 0.29) is 17.6 Å². The third kappa shape index (κ3) is 1.71. The first-order valence-corrected chi connectivity index (χ1v) is 5.20. The summed E-state index contributed by atoms with van der Waals surface area (Å²) in [5.74, 6) is -0.554. The molecule has 1 atom stereocenters. The molecule has 1 aliphatic heterocycles. The average molecular weight is 221 g/mol. The number of benzene rings is 1. The topological polar surface area (TPSA) is 37.4 Å². The third-order valence-electron chi connectivity index (χ3n) is 2.85. The second-order valence-corrected chi connectivity index (χ2v) is 3.98. The highest BCUT2D eigenvalue weighted by Gasteiger charge is 2.30. The lowest BCUT2D eigenvalue weighted by Gasteiger charge is -2.22. The van der Waals surface area contributed by atoms with E-state index in [9.17, 15) is 14.0 Å². The van der Waals surface area contributed by atoms with Crippen molar-refractivity contribution in [3.63, 3.8) is 0 Å². The van der Waals surface area contributed by atoms with E-state index in [0.29, 0.717) is 18.3 Å². The molecule has 0 saturated carbocycles. The summed E-state index contributed by atoms with van der Waals surface area (Å²) in [4.78, 5) is 23.7. The van der Waals surface area contributed by atoms with Crippen molar-refractivity contribution >= 4 is 17.9 Å². The van der Waals surface area contributed by atoms with E-state index in [1.165, 1.54) is 23.1 Å². The Hall–Kier alpha value is -1.71. The van der Waals surface area contributed by atoms with Gasteiger partial charge in [-0.25, -0.2) is 4.39 Å². The van der Waals surface area contributed by atoms with Crippen molar-refractivity contribution in [2.24, 2.45) is 0 Å². The standard InChI is InChI=1S/C12H12FNO2/c1-8-2-5-12(16)14(8)11-6-9(7-15)3-4-10(11)13/h3-4,6-8H,2,5H2,1H3. The number of aldehydes is 1. The lowest BCUT2D eigenvalue weighted by atomic mass is 10.2. The molecule has 0 spiro atoms. The van der Waals surface area contributed by atoms with Crippen molar-refractivity contribution < 1.29 is 14.0 Å². The highest BCUT2D eigenvalue weighted by molar-refractivity contribution is 5.97. The summed E-state index contributed by atoms with van der Waals surface area (Å²) in [5, 5.41) is 0. The lowest BCUT2D eigenvalue weighted by Crippen LogP contribution is -2.31. The Labute approximate surface area is 92.9 Å². The van der Waals surface area contributed by atoms with E-state index in [1.54, 1.807) is 0 Å². The zero-order chi connectivity index (χ0) is 11.7. The van der Waals surface area contributed by atoms with Crippen molar-refractivity contribution in [3.05, 3.63) is 29.6 Å². The van der Waals surface area contributed by atoms with Gasteiger partial charge in [-0.05, 0) is 31.5 Å². The number of carbonyl (C=O) groups is 2. The molecule has 16 heavy (non-hydrogen) atoms. The number of carbonyl (C=O) groups excluding carboxylic acids is 2. The first kappa shape index (κ1) is 10.8. The Balaban J connectivity index is 2.45. The maximum Gasteiger partial charge on any atom is 0.227 e. The van der Waals surface area contributed by atoms with Crippen molar-refractivity contribution in [2.75, 3.05) is 4.90 Å². The van der Waals surface area contributed by atoms with Crippen LogP contribution in [0.2, 0.25) is 0 Å². The lowest BCUT2D eigenvalue weighted by molar-refractivity contribution is -0.117. The Bertz CT molecular complexity index is 445. The number of halogens is 1. The first-order valence-electron chi connectivity index (χ1n) is 5.20. The van der Waals surface area contributed by atoms with Crippen LogP contribution in [0.4, 0.5) is 10.1 Å². The number of anilines is 1. The molecule has 0 radical (unpaired) electrons. The van der Waals surface area contributed by atoms with Crippen molar-refractivity contribution in [3.8, 4) is 0 Å². The van der Waals surface area contributed by atoms with Crippen LogP contribution in [0.25, 0.3) is 0 Å². The second-order valence-electron chi connectivity index (χ2n) is 3.98. The Morgan fingerprint density at radius 2 is 2.25 bits per heavy atom. The summed E-state index contributed by atoms with van der Waals surface area (Å²) < 4.78 is 13.6. The molecule has 1 unspecified atom stereocenters. The molecular formula is C12H12FNO2. The second kappa shape index (κ2) is 4.04. The molecule has 3 nitrogen and oxygen atoms in total. The zero-order valence-electron chi connectivity index (χ0n) is 8.94. The van der Waals surface area contributed by atoms with Crippen LogP contribution in [0.3, 0.4) is 0 Å². The van der Waals surface area contributed by atoms with Crippen LogP contribution in [0.1, 0.15) is 30.1 Å². The highest BCUT2D eigenvalue weighted by Crippen LogP contribution is 2.29. The summed E-state index contributed by atoms with van der Waals surface area (Å²) in [6.45, 7) is 1.87. The van der Waals surface area contributed by atoms with Gasteiger partial charge in [-0.15, -0.1) is 0 Å². The Morgan fingerprint density at radius 1 is 1.50 bits per heavy atom. The predicted octanol–water partition coefficient (Wildman–Crippen LogP) is 2.15. The van der Waals surface area contributed by atoms with Gasteiger partial charge in [-0.2, -0.15) is 0 Å². The van der Waals surface area contributed by atoms with Gasteiger partial charge in [-0.3, -0.25) is 9.59 Å². The molecule has 0 aromatic heterocycles. The predicted molar refractivity (Wildman–Crippen MR) is 58.0 cm³/mol. The van der Waals surface area contributed by atoms with E-state index in [4.69, 9.17) is 0 Å². The quantitative estimate of drug-likeness (QED) is 0.717. The van der Waals surface area contributed by atoms with Gasteiger partial charge in [0.2, 0.25) is 5.91 Å². The van der Waals surface area contributed by atoms with E-state index >= 15 is 0 Å². The summed E-state index contributed by atoms with van der Waals surface area (Å²) in [7, 11) is 0. The molecule has 84 valence electrons. The normalized spacial score (nSPS) is 20.2. The minimum absolute atomic E-state index is 0.0103. The van der Waals surface area contributed by atoms with Crippen LogP contribution in [-0.2, 0) is 4.79 Å². The summed E-state index contributed by atoms with van der Waals surface area (Å²) in [5.41, 5.74) is 0.586. The fourth-order valence-corrected chi connectivity index (χ4v) is 1.99. The van der Waals surface area contributed by atoms with Crippen molar-refractivity contribution in [1.82, 2.24) is 0 Å². The maximum absolute atomic E-state index is 13.6. The van der Waals surface area contributed by atoms with Gasteiger partial charge in [0.05, 0.1) is 5.69 Å². The van der Waals surface area contributed by atoms with E-state index in [1.807, 2.05) is 6.92 Å². The smallest absolute Gasteiger partial charge is 0.227 e. The van der Waals surface area contributed by atoms with Crippen LogP contribution in [0.5, 0.6) is 0 Å². The van der Waals surface area contributed by atoms with E-state index in [2.05, 4.69) is 0 Å². The largest absolute Gasteiger partial charge is 0.307 e. The van der Waals surface area contributed by atoms with Crippen LogP contribution in [0, 0.1) is 5.82 Å². The zero-order valence-corrected chi connectivity index (χ0v) is 8.94. The molecule has 1 amide bonds. The minimum Gasteiger partial charge on any atom is -0.307 e. The van der Waals surface area contributed by atoms with Crippen molar-refractivity contribution in [2.45, 2.75) is 25.8 Å². The molecule has 0 bridgehead atoms. The number of hydrogen-bond acceptors (Lipinski definition) is 2. The minimum atomic E-state index is -0.465. The van der Waals surface area contributed by atoms with Crippen LogP contribution < -0.4 is 4.90 Å². The van der Waals surface area contributed by atoms with Gasteiger partial charge in [0, 0.05) is 18.0 Å². The van der Waals surface area contributed by atoms with Crippen LogP contribution in [0.15, 0.2) is 18.2 Å². The molecule has 1 heterocycles. The SMILES string of the molecule is CC1CCC(=O)N1c1cc(C=O)ccc1F. The number of nitrogens with zero attached hydrogens (tertiary/aromatic N) is 1. The molecule has 0 aliphatic carbocycles. The molecule has 1 aliphatic rings. The Kier molecular flexibility index (Phi) is 2.73. The maximum atomic E-state index is 13.6. The molecule has 1 saturated heterocycles. The third-order valence-corrected chi connectivity index (χ3v) is 2.85. The molecule has 1 aromatic carbocycles. The van der Waals surface area contributed by atoms with Gasteiger partial charge in [0.1, 0.15) is 12.1 Å². The molecular weight excluding hydrogens is 209 g/mol. The van der Waals surface area contributed by atoms with Gasteiger partial charge in [0.25, 0.3) is 0 Å². The van der Waals surface area contributed by atoms with Gasteiger partial charge in [0.15, 0.2) is 0 Å². The molecule has 0 N–H and O–H groups in total. The summed E-state index contributed by atoms with van der Waals surface area (Å²) >= 11 is 0. The average Bonchev–Trinajstić information content (AvgIpc) is 2.60. The highest BCUT2D eigenvalue weighted by atomic mass is 19.1. The van der Waals surface area contributed by atoms with E-state index < -0.39 is 5.82 Å². The number of rotatable bonds is 2. The summed E-state index contributed by atoms with van der Waals surface area (Å²) in [6, 6.07) is 4.03.